The van der Waals surface area contributed by atoms with Crippen LogP contribution in [0.5, 0.6) is 0 Å². The molecule has 0 spiro atoms. The normalized spacial score (nSPS) is 16.6. The van der Waals surface area contributed by atoms with E-state index in [0.29, 0.717) is 21.2 Å². The van der Waals surface area contributed by atoms with Crippen molar-refractivity contribution in [2.24, 2.45) is 0 Å². The maximum Gasteiger partial charge on any atom is 0.271 e. The SMILES string of the molecule is N=C1SC(=Cc2cccc(F)c2)C(=O)N1c1ccc(Cl)cc1. The second kappa shape index (κ2) is 5.94. The van der Waals surface area contributed by atoms with E-state index in [1.807, 2.05) is 0 Å². The van der Waals surface area contributed by atoms with Crippen molar-refractivity contribution in [2.45, 2.75) is 0 Å². The number of thioether (sulfide) groups is 1. The number of carbonyl (C=O) groups is 1. The standard InChI is InChI=1S/C16H10ClFN2OS/c17-11-4-6-13(7-5-11)20-15(21)14(22-16(20)19)9-10-2-1-3-12(18)8-10/h1-9,19H. The summed E-state index contributed by atoms with van der Waals surface area (Å²) in [5, 5.41) is 8.65. The van der Waals surface area contributed by atoms with Gasteiger partial charge in [0.1, 0.15) is 5.82 Å². The lowest BCUT2D eigenvalue weighted by Gasteiger charge is -2.14. The minimum absolute atomic E-state index is 0.106. The highest BCUT2D eigenvalue weighted by atomic mass is 35.5. The summed E-state index contributed by atoms with van der Waals surface area (Å²) < 4.78 is 13.2. The zero-order valence-corrected chi connectivity index (χ0v) is 12.8. The third-order valence-corrected chi connectivity index (χ3v) is 4.20. The van der Waals surface area contributed by atoms with Crippen LogP contribution in [-0.2, 0) is 4.79 Å². The van der Waals surface area contributed by atoms with Crippen LogP contribution < -0.4 is 4.90 Å². The quantitative estimate of drug-likeness (QED) is 0.821. The van der Waals surface area contributed by atoms with Gasteiger partial charge in [0.2, 0.25) is 0 Å². The Kier molecular flexibility index (Phi) is 4.00. The lowest BCUT2D eigenvalue weighted by molar-refractivity contribution is -0.113. The molecule has 1 N–H and O–H groups in total. The number of rotatable bonds is 2. The molecule has 0 bridgehead atoms. The summed E-state index contributed by atoms with van der Waals surface area (Å²) in [5.41, 5.74) is 1.16. The Hall–Kier alpha value is -2.11. The highest BCUT2D eigenvalue weighted by Crippen LogP contribution is 2.35. The van der Waals surface area contributed by atoms with Crippen molar-refractivity contribution >= 4 is 46.2 Å². The average molecular weight is 333 g/mol. The van der Waals surface area contributed by atoms with Crippen molar-refractivity contribution in [2.75, 3.05) is 4.90 Å². The molecule has 22 heavy (non-hydrogen) atoms. The van der Waals surface area contributed by atoms with Crippen molar-refractivity contribution in [3.05, 3.63) is 69.8 Å². The molecule has 1 aliphatic rings. The van der Waals surface area contributed by atoms with Gasteiger partial charge in [0, 0.05) is 5.02 Å². The van der Waals surface area contributed by atoms with Gasteiger partial charge in [-0.1, -0.05) is 23.7 Å². The van der Waals surface area contributed by atoms with E-state index in [1.54, 1.807) is 42.5 Å². The monoisotopic (exact) mass is 332 g/mol. The molecule has 0 atom stereocenters. The van der Waals surface area contributed by atoms with Crippen LogP contribution in [0, 0.1) is 11.2 Å². The topological polar surface area (TPSA) is 44.2 Å². The van der Waals surface area contributed by atoms with Crippen molar-refractivity contribution in [3.8, 4) is 0 Å². The molecular formula is C16H10ClFN2OS. The maximum atomic E-state index is 13.2. The van der Waals surface area contributed by atoms with E-state index in [-0.39, 0.29) is 16.9 Å². The highest BCUT2D eigenvalue weighted by molar-refractivity contribution is 8.19. The Labute approximate surface area is 135 Å². The molecule has 1 saturated heterocycles. The average Bonchev–Trinajstić information content (AvgIpc) is 2.75. The molecule has 0 aliphatic carbocycles. The fourth-order valence-electron chi connectivity index (χ4n) is 2.06. The molecule has 3 nitrogen and oxygen atoms in total. The summed E-state index contributed by atoms with van der Waals surface area (Å²) in [6.45, 7) is 0. The number of amidine groups is 1. The number of benzene rings is 2. The van der Waals surface area contributed by atoms with E-state index in [0.717, 1.165) is 11.8 Å². The first-order chi connectivity index (χ1) is 10.5. The molecule has 2 aromatic rings. The Morgan fingerprint density at radius 1 is 1.18 bits per heavy atom. The summed E-state index contributed by atoms with van der Waals surface area (Å²) >= 11 is 6.88. The van der Waals surface area contributed by atoms with Crippen molar-refractivity contribution in [1.29, 1.82) is 5.41 Å². The predicted molar refractivity (Wildman–Crippen MR) is 88.6 cm³/mol. The first-order valence-corrected chi connectivity index (χ1v) is 7.58. The van der Waals surface area contributed by atoms with Crippen molar-refractivity contribution < 1.29 is 9.18 Å². The van der Waals surface area contributed by atoms with Crippen LogP contribution in [0.25, 0.3) is 6.08 Å². The molecule has 1 fully saturated rings. The molecule has 6 heteroatoms. The summed E-state index contributed by atoms with van der Waals surface area (Å²) in [5.74, 6) is -0.670. The van der Waals surface area contributed by atoms with Crippen LogP contribution in [0.2, 0.25) is 5.02 Å². The van der Waals surface area contributed by atoms with E-state index in [2.05, 4.69) is 0 Å². The number of nitrogens with one attached hydrogen (secondary N) is 1. The first kappa shape index (κ1) is 14.8. The third kappa shape index (κ3) is 2.91. The predicted octanol–water partition coefficient (Wildman–Crippen LogP) is 4.53. The van der Waals surface area contributed by atoms with Crippen LogP contribution in [0.4, 0.5) is 10.1 Å². The van der Waals surface area contributed by atoms with E-state index in [4.69, 9.17) is 17.0 Å². The molecule has 0 radical (unpaired) electrons. The van der Waals surface area contributed by atoms with Crippen LogP contribution in [0.15, 0.2) is 53.4 Å². The molecule has 1 amide bonds. The van der Waals surface area contributed by atoms with Crippen LogP contribution in [-0.4, -0.2) is 11.1 Å². The van der Waals surface area contributed by atoms with Crippen LogP contribution >= 0.6 is 23.4 Å². The molecule has 1 aliphatic heterocycles. The number of hydrogen-bond acceptors (Lipinski definition) is 3. The highest BCUT2D eigenvalue weighted by Gasteiger charge is 2.33. The van der Waals surface area contributed by atoms with Gasteiger partial charge >= 0.3 is 0 Å². The number of anilines is 1. The van der Waals surface area contributed by atoms with Crippen LogP contribution in [0.3, 0.4) is 0 Å². The molecule has 2 aromatic carbocycles. The van der Waals surface area contributed by atoms with E-state index >= 15 is 0 Å². The number of halogens is 2. The lowest BCUT2D eigenvalue weighted by atomic mass is 10.2. The molecule has 0 aromatic heterocycles. The largest absolute Gasteiger partial charge is 0.278 e. The molecule has 1 heterocycles. The first-order valence-electron chi connectivity index (χ1n) is 6.38. The Balaban J connectivity index is 1.93. The Morgan fingerprint density at radius 2 is 1.91 bits per heavy atom. The zero-order valence-electron chi connectivity index (χ0n) is 11.2. The Morgan fingerprint density at radius 3 is 2.59 bits per heavy atom. The van der Waals surface area contributed by atoms with Gasteiger partial charge in [-0.15, -0.1) is 0 Å². The number of hydrogen-bond donors (Lipinski definition) is 1. The van der Waals surface area contributed by atoms with Gasteiger partial charge in [-0.05, 0) is 59.8 Å². The van der Waals surface area contributed by atoms with Gasteiger partial charge in [0.05, 0.1) is 10.6 Å². The lowest BCUT2D eigenvalue weighted by Crippen LogP contribution is -2.27. The molecular weight excluding hydrogens is 323 g/mol. The summed E-state index contributed by atoms with van der Waals surface area (Å²) in [4.78, 5) is 14.1. The number of nitrogens with zero attached hydrogens (tertiary/aromatic N) is 1. The van der Waals surface area contributed by atoms with E-state index in [1.165, 1.54) is 17.0 Å². The van der Waals surface area contributed by atoms with Crippen molar-refractivity contribution in [3.63, 3.8) is 0 Å². The van der Waals surface area contributed by atoms with Crippen LogP contribution in [0.1, 0.15) is 5.56 Å². The smallest absolute Gasteiger partial charge is 0.271 e. The molecule has 3 rings (SSSR count). The van der Waals surface area contributed by atoms with Gasteiger partial charge in [-0.3, -0.25) is 15.1 Å². The maximum absolute atomic E-state index is 13.2. The number of amides is 1. The van der Waals surface area contributed by atoms with E-state index < -0.39 is 0 Å². The molecule has 110 valence electrons. The second-order valence-corrected chi connectivity index (χ2v) is 6.05. The summed E-state index contributed by atoms with van der Waals surface area (Å²) in [6, 6.07) is 12.7. The van der Waals surface area contributed by atoms with Gasteiger partial charge in [0.15, 0.2) is 5.17 Å². The Bertz CT molecular complexity index is 789. The molecule has 0 saturated carbocycles. The minimum atomic E-state index is -0.366. The van der Waals surface area contributed by atoms with Gasteiger partial charge in [-0.2, -0.15) is 0 Å². The van der Waals surface area contributed by atoms with Gasteiger partial charge in [0.25, 0.3) is 5.91 Å². The van der Waals surface area contributed by atoms with Gasteiger partial charge < -0.3 is 0 Å². The minimum Gasteiger partial charge on any atom is -0.278 e. The fourth-order valence-corrected chi connectivity index (χ4v) is 3.05. The van der Waals surface area contributed by atoms with Crippen molar-refractivity contribution in [1.82, 2.24) is 0 Å². The third-order valence-electron chi connectivity index (χ3n) is 3.05. The zero-order chi connectivity index (χ0) is 15.7. The second-order valence-electron chi connectivity index (χ2n) is 4.59. The van der Waals surface area contributed by atoms with E-state index in [9.17, 15) is 9.18 Å². The summed E-state index contributed by atoms with van der Waals surface area (Å²) in [6.07, 6.45) is 1.58. The van der Waals surface area contributed by atoms with Gasteiger partial charge in [-0.25, -0.2) is 4.39 Å². The molecule has 0 unspecified atom stereocenters. The fraction of sp³-hybridized carbons (Fsp3) is 0. The summed E-state index contributed by atoms with van der Waals surface area (Å²) in [7, 11) is 0. The number of carbonyl (C=O) groups excluding carboxylic acids is 1.